The zero-order valence-corrected chi connectivity index (χ0v) is 8.37. The molecule has 3 N–H and O–H groups in total. The second-order valence-electron chi connectivity index (χ2n) is 2.69. The van der Waals surface area contributed by atoms with Crippen LogP contribution in [0.2, 0.25) is 0 Å². The van der Waals surface area contributed by atoms with Gasteiger partial charge in [-0.2, -0.15) is 0 Å². The number of nitrogens with two attached hydrogens (primary N) is 1. The molecule has 0 spiro atoms. The van der Waals surface area contributed by atoms with E-state index in [9.17, 15) is 4.79 Å². The van der Waals surface area contributed by atoms with Gasteiger partial charge in [0.2, 0.25) is 0 Å². The number of piperidine rings is 1. The summed E-state index contributed by atoms with van der Waals surface area (Å²) < 4.78 is 2.22. The van der Waals surface area contributed by atoms with Crippen molar-refractivity contribution in [3.63, 3.8) is 0 Å². The number of rotatable bonds is 1. The molecule has 0 atom stereocenters. The molecule has 5 heteroatoms. The molecule has 1 aliphatic rings. The standard InChI is InChI=1S/C6H12IN3O/c7-10-3-1-5(2-4-10)9-6(8)11/h5H,1-4H2,(H3,8,9,11). The lowest BCUT2D eigenvalue weighted by atomic mass is 10.1. The van der Waals surface area contributed by atoms with Crippen LogP contribution in [0.15, 0.2) is 0 Å². The number of halogens is 1. The molecule has 11 heavy (non-hydrogen) atoms. The van der Waals surface area contributed by atoms with Crippen LogP contribution in [0.4, 0.5) is 4.79 Å². The third kappa shape index (κ3) is 3.24. The fraction of sp³-hybridized carbons (Fsp3) is 0.833. The Morgan fingerprint density at radius 3 is 2.55 bits per heavy atom. The molecule has 64 valence electrons. The summed E-state index contributed by atoms with van der Waals surface area (Å²) >= 11 is 2.29. The number of urea groups is 1. The van der Waals surface area contributed by atoms with E-state index in [1.54, 1.807) is 0 Å². The highest BCUT2D eigenvalue weighted by Crippen LogP contribution is 2.13. The van der Waals surface area contributed by atoms with Gasteiger partial charge in [-0.1, -0.05) is 0 Å². The molecule has 4 nitrogen and oxygen atoms in total. The average molecular weight is 269 g/mol. The Hall–Kier alpha value is -0.0400. The first-order valence-corrected chi connectivity index (χ1v) is 4.61. The second kappa shape index (κ2) is 4.10. The van der Waals surface area contributed by atoms with Gasteiger partial charge in [0, 0.05) is 42.0 Å². The van der Waals surface area contributed by atoms with E-state index in [0.717, 1.165) is 25.9 Å². The van der Waals surface area contributed by atoms with Gasteiger partial charge in [-0.3, -0.25) is 0 Å². The summed E-state index contributed by atoms with van der Waals surface area (Å²) in [7, 11) is 0. The molecule has 0 aromatic heterocycles. The highest BCUT2D eigenvalue weighted by atomic mass is 127. The highest BCUT2D eigenvalue weighted by Gasteiger charge is 2.17. The summed E-state index contributed by atoms with van der Waals surface area (Å²) in [5, 5.41) is 2.71. The van der Waals surface area contributed by atoms with Gasteiger partial charge in [0.05, 0.1) is 0 Å². The Morgan fingerprint density at radius 1 is 1.55 bits per heavy atom. The van der Waals surface area contributed by atoms with Crippen LogP contribution in [-0.2, 0) is 0 Å². The summed E-state index contributed by atoms with van der Waals surface area (Å²) in [6, 6.07) is -0.115. The minimum Gasteiger partial charge on any atom is -0.352 e. The van der Waals surface area contributed by atoms with E-state index in [4.69, 9.17) is 5.73 Å². The molecule has 0 aromatic carbocycles. The summed E-state index contributed by atoms with van der Waals surface area (Å²) in [5.41, 5.74) is 4.99. The van der Waals surface area contributed by atoms with E-state index in [-0.39, 0.29) is 0 Å². The number of nitrogens with one attached hydrogen (secondary N) is 1. The van der Waals surface area contributed by atoms with Crippen LogP contribution in [0, 0.1) is 0 Å². The smallest absolute Gasteiger partial charge is 0.312 e. The molecule has 0 bridgehead atoms. The predicted molar refractivity (Wildman–Crippen MR) is 51.3 cm³/mol. The molecule has 0 aliphatic carbocycles. The van der Waals surface area contributed by atoms with Crippen LogP contribution >= 0.6 is 22.9 Å². The fourth-order valence-corrected chi connectivity index (χ4v) is 1.75. The number of primary amides is 1. The summed E-state index contributed by atoms with van der Waals surface area (Å²) in [4.78, 5) is 10.4. The zero-order valence-electron chi connectivity index (χ0n) is 6.22. The maximum Gasteiger partial charge on any atom is 0.312 e. The van der Waals surface area contributed by atoms with E-state index in [1.165, 1.54) is 0 Å². The van der Waals surface area contributed by atoms with Crippen molar-refractivity contribution in [3.8, 4) is 0 Å². The number of hydrogen-bond donors (Lipinski definition) is 2. The first-order chi connectivity index (χ1) is 5.18. The average Bonchev–Trinajstić information content (AvgIpc) is 1.93. The predicted octanol–water partition coefficient (Wildman–Crippen LogP) is 0.469. The number of amides is 2. The third-order valence-electron chi connectivity index (χ3n) is 1.79. The van der Waals surface area contributed by atoms with E-state index in [1.807, 2.05) is 0 Å². The minimum absolute atomic E-state index is 0.290. The van der Waals surface area contributed by atoms with Crippen LogP contribution in [0.5, 0.6) is 0 Å². The molecule has 1 heterocycles. The van der Waals surface area contributed by atoms with Gasteiger partial charge in [0.1, 0.15) is 0 Å². The van der Waals surface area contributed by atoms with E-state index < -0.39 is 6.03 Å². The Morgan fingerprint density at radius 2 is 2.09 bits per heavy atom. The maximum atomic E-state index is 10.4. The molecule has 0 radical (unpaired) electrons. The molecular formula is C6H12IN3O. The van der Waals surface area contributed by atoms with Crippen LogP contribution in [0.3, 0.4) is 0 Å². The first kappa shape index (κ1) is 9.05. The van der Waals surface area contributed by atoms with Gasteiger partial charge >= 0.3 is 6.03 Å². The van der Waals surface area contributed by atoms with Crippen molar-refractivity contribution in [2.24, 2.45) is 5.73 Å². The van der Waals surface area contributed by atoms with Crippen molar-refractivity contribution in [2.45, 2.75) is 18.9 Å². The molecule has 1 fully saturated rings. The van der Waals surface area contributed by atoms with Crippen LogP contribution < -0.4 is 11.1 Å². The fourth-order valence-electron chi connectivity index (χ4n) is 1.19. The van der Waals surface area contributed by atoms with Crippen molar-refractivity contribution in [1.29, 1.82) is 0 Å². The number of carbonyl (C=O) groups excluding carboxylic acids is 1. The van der Waals surface area contributed by atoms with Gasteiger partial charge in [-0.05, 0) is 12.8 Å². The zero-order chi connectivity index (χ0) is 8.27. The number of carbonyl (C=O) groups is 1. The topological polar surface area (TPSA) is 58.4 Å². The van der Waals surface area contributed by atoms with Crippen molar-refractivity contribution < 1.29 is 4.79 Å². The van der Waals surface area contributed by atoms with Crippen molar-refractivity contribution >= 4 is 28.9 Å². The SMILES string of the molecule is NC(=O)NC1CCN(I)CC1. The normalized spacial score (nSPS) is 21.5. The molecular weight excluding hydrogens is 257 g/mol. The molecule has 1 rings (SSSR count). The minimum atomic E-state index is -0.406. The lowest BCUT2D eigenvalue weighted by Gasteiger charge is -2.27. The van der Waals surface area contributed by atoms with Gasteiger partial charge in [0.15, 0.2) is 0 Å². The van der Waals surface area contributed by atoms with Crippen molar-refractivity contribution in [2.75, 3.05) is 13.1 Å². The van der Waals surface area contributed by atoms with E-state index in [0.29, 0.717) is 6.04 Å². The second-order valence-corrected chi connectivity index (χ2v) is 4.06. The van der Waals surface area contributed by atoms with E-state index >= 15 is 0 Å². The summed E-state index contributed by atoms with van der Waals surface area (Å²) in [6.07, 6.45) is 2.01. The van der Waals surface area contributed by atoms with Gasteiger partial charge < -0.3 is 11.1 Å². The van der Waals surface area contributed by atoms with Crippen LogP contribution in [0.1, 0.15) is 12.8 Å². The van der Waals surface area contributed by atoms with Crippen LogP contribution in [0.25, 0.3) is 0 Å². The Kier molecular flexibility index (Phi) is 3.38. The Balaban J connectivity index is 2.22. The summed E-state index contributed by atoms with van der Waals surface area (Å²) in [5.74, 6) is 0. The molecule has 2 amide bonds. The van der Waals surface area contributed by atoms with Gasteiger partial charge in [-0.15, -0.1) is 0 Å². The van der Waals surface area contributed by atoms with Crippen molar-refractivity contribution in [3.05, 3.63) is 0 Å². The molecule has 0 saturated carbocycles. The monoisotopic (exact) mass is 269 g/mol. The lowest BCUT2D eigenvalue weighted by molar-refractivity contribution is 0.238. The largest absolute Gasteiger partial charge is 0.352 e. The molecule has 1 aliphatic heterocycles. The Labute approximate surface area is 80.0 Å². The quantitative estimate of drug-likeness (QED) is 0.537. The first-order valence-electron chi connectivity index (χ1n) is 3.65. The number of nitrogens with zero attached hydrogens (tertiary/aromatic N) is 1. The lowest BCUT2D eigenvalue weighted by Crippen LogP contribution is -2.44. The third-order valence-corrected chi connectivity index (χ3v) is 2.75. The summed E-state index contributed by atoms with van der Waals surface area (Å²) in [6.45, 7) is 2.07. The number of hydrogen-bond acceptors (Lipinski definition) is 2. The van der Waals surface area contributed by atoms with Gasteiger partial charge in [0.25, 0.3) is 0 Å². The molecule has 1 saturated heterocycles. The molecule has 0 aromatic rings. The maximum absolute atomic E-state index is 10.4. The van der Waals surface area contributed by atoms with E-state index in [2.05, 4.69) is 31.3 Å². The Bertz CT molecular complexity index is 145. The van der Waals surface area contributed by atoms with Crippen LogP contribution in [-0.4, -0.2) is 28.3 Å². The molecule has 0 unspecified atom stereocenters. The van der Waals surface area contributed by atoms with Gasteiger partial charge in [-0.25, -0.2) is 7.91 Å². The highest BCUT2D eigenvalue weighted by molar-refractivity contribution is 14.1. The van der Waals surface area contributed by atoms with Crippen molar-refractivity contribution in [1.82, 2.24) is 8.43 Å².